The van der Waals surface area contributed by atoms with E-state index >= 15 is 0 Å². The van der Waals surface area contributed by atoms with Gasteiger partial charge in [-0.05, 0) is 37.6 Å². The Morgan fingerprint density at radius 2 is 1.95 bits per heavy atom. The lowest BCUT2D eigenvalue weighted by Gasteiger charge is -2.12. The van der Waals surface area contributed by atoms with Gasteiger partial charge in [0.05, 0.1) is 11.2 Å². The van der Waals surface area contributed by atoms with Gasteiger partial charge in [0.25, 0.3) is 0 Å². The van der Waals surface area contributed by atoms with Gasteiger partial charge in [-0.15, -0.1) is 0 Å². The van der Waals surface area contributed by atoms with Crippen LogP contribution in [0.4, 0.5) is 0 Å². The standard InChI is InChI=1S/C16H16ClN3O/c1-9-4-5-11-8-12(6-7-13(11)18-9)15(21)14-10(2)19-20(3)16(14)17/h4-8,15,21H,1-3H3. The summed E-state index contributed by atoms with van der Waals surface area (Å²) in [5.41, 5.74) is 4.06. The second kappa shape index (κ2) is 5.13. The van der Waals surface area contributed by atoms with Gasteiger partial charge in [0.1, 0.15) is 11.3 Å². The Morgan fingerprint density at radius 1 is 1.19 bits per heavy atom. The molecular weight excluding hydrogens is 286 g/mol. The fourth-order valence-electron chi connectivity index (χ4n) is 2.54. The number of aliphatic hydroxyl groups is 1. The number of halogens is 1. The maximum Gasteiger partial charge on any atom is 0.133 e. The summed E-state index contributed by atoms with van der Waals surface area (Å²) in [4.78, 5) is 4.46. The summed E-state index contributed by atoms with van der Waals surface area (Å²) in [6, 6.07) is 9.70. The van der Waals surface area contributed by atoms with Crippen molar-refractivity contribution in [3.63, 3.8) is 0 Å². The van der Waals surface area contributed by atoms with Crippen LogP contribution < -0.4 is 0 Å². The van der Waals surface area contributed by atoms with E-state index < -0.39 is 6.10 Å². The first kappa shape index (κ1) is 14.0. The molecule has 1 N–H and O–H groups in total. The molecule has 1 aromatic carbocycles. The SMILES string of the molecule is Cc1ccc2cc(C(O)c3c(C)nn(C)c3Cl)ccc2n1. The first-order chi connectivity index (χ1) is 9.97. The Labute approximate surface area is 128 Å². The molecule has 21 heavy (non-hydrogen) atoms. The molecule has 0 fully saturated rings. The summed E-state index contributed by atoms with van der Waals surface area (Å²) in [6.07, 6.45) is -0.795. The number of hydrogen-bond acceptors (Lipinski definition) is 3. The molecule has 0 aliphatic carbocycles. The van der Waals surface area contributed by atoms with E-state index in [2.05, 4.69) is 10.1 Å². The van der Waals surface area contributed by atoms with Crippen LogP contribution in [0.5, 0.6) is 0 Å². The van der Waals surface area contributed by atoms with E-state index in [1.165, 1.54) is 0 Å². The summed E-state index contributed by atoms with van der Waals surface area (Å²) < 4.78 is 1.57. The topological polar surface area (TPSA) is 50.9 Å². The molecule has 1 unspecified atom stereocenters. The van der Waals surface area contributed by atoms with Crippen molar-refractivity contribution < 1.29 is 5.11 Å². The van der Waals surface area contributed by atoms with Crippen LogP contribution in [0.2, 0.25) is 5.15 Å². The minimum atomic E-state index is -0.795. The number of aromatic nitrogens is 3. The number of fused-ring (bicyclic) bond motifs is 1. The zero-order chi connectivity index (χ0) is 15.1. The number of nitrogens with zero attached hydrogens (tertiary/aromatic N) is 3. The smallest absolute Gasteiger partial charge is 0.133 e. The maximum absolute atomic E-state index is 10.6. The van der Waals surface area contributed by atoms with Crippen molar-refractivity contribution in [2.45, 2.75) is 20.0 Å². The van der Waals surface area contributed by atoms with E-state index in [4.69, 9.17) is 11.6 Å². The van der Waals surface area contributed by atoms with Crippen molar-refractivity contribution >= 4 is 22.5 Å². The van der Waals surface area contributed by atoms with Crippen molar-refractivity contribution in [3.8, 4) is 0 Å². The van der Waals surface area contributed by atoms with Crippen LogP contribution in [0, 0.1) is 13.8 Å². The van der Waals surface area contributed by atoms with Crippen molar-refractivity contribution in [2.75, 3.05) is 0 Å². The molecule has 2 heterocycles. The van der Waals surface area contributed by atoms with Gasteiger partial charge in [0.2, 0.25) is 0 Å². The predicted octanol–water partition coefficient (Wildman–Crippen LogP) is 3.32. The lowest BCUT2D eigenvalue weighted by molar-refractivity contribution is 0.220. The van der Waals surface area contributed by atoms with Crippen molar-refractivity contribution in [1.29, 1.82) is 0 Å². The molecule has 3 rings (SSSR count). The highest BCUT2D eigenvalue weighted by Crippen LogP contribution is 2.31. The number of hydrogen-bond donors (Lipinski definition) is 1. The molecule has 0 aliphatic rings. The first-order valence-electron chi connectivity index (χ1n) is 6.71. The molecule has 1 atom stereocenters. The van der Waals surface area contributed by atoms with E-state index in [0.29, 0.717) is 10.7 Å². The average molecular weight is 302 g/mol. The quantitative estimate of drug-likeness (QED) is 0.790. The third-order valence-corrected chi connectivity index (χ3v) is 4.09. The van der Waals surface area contributed by atoms with Crippen molar-refractivity contribution in [3.05, 3.63) is 58.0 Å². The number of benzene rings is 1. The molecule has 5 heteroatoms. The number of aliphatic hydroxyl groups excluding tert-OH is 1. The van der Waals surface area contributed by atoms with E-state index in [-0.39, 0.29) is 0 Å². The minimum absolute atomic E-state index is 0.460. The molecule has 0 amide bonds. The highest BCUT2D eigenvalue weighted by Gasteiger charge is 2.21. The Balaban J connectivity index is 2.09. The molecule has 0 saturated heterocycles. The zero-order valence-electron chi connectivity index (χ0n) is 12.1. The summed E-state index contributed by atoms with van der Waals surface area (Å²) in [7, 11) is 1.76. The van der Waals surface area contributed by atoms with Gasteiger partial charge in [0.15, 0.2) is 0 Å². The Morgan fingerprint density at radius 3 is 2.62 bits per heavy atom. The highest BCUT2D eigenvalue weighted by molar-refractivity contribution is 6.30. The van der Waals surface area contributed by atoms with Gasteiger partial charge < -0.3 is 5.11 Å². The maximum atomic E-state index is 10.6. The lowest BCUT2D eigenvalue weighted by Crippen LogP contribution is -2.01. The minimum Gasteiger partial charge on any atom is -0.383 e. The first-order valence-corrected chi connectivity index (χ1v) is 7.09. The Kier molecular flexibility index (Phi) is 3.43. The van der Waals surface area contributed by atoms with Gasteiger partial charge in [-0.1, -0.05) is 23.7 Å². The molecule has 0 bridgehead atoms. The van der Waals surface area contributed by atoms with Gasteiger partial charge in [0, 0.05) is 23.7 Å². The monoisotopic (exact) mass is 301 g/mol. The fourth-order valence-corrected chi connectivity index (χ4v) is 2.82. The molecule has 0 aliphatic heterocycles. The Hall–Kier alpha value is -1.91. The van der Waals surface area contributed by atoms with Crippen LogP contribution in [-0.4, -0.2) is 19.9 Å². The van der Waals surface area contributed by atoms with Crippen LogP contribution >= 0.6 is 11.6 Å². The fraction of sp³-hybridized carbons (Fsp3) is 0.250. The summed E-state index contributed by atoms with van der Waals surface area (Å²) >= 11 is 6.23. The van der Waals surface area contributed by atoms with Crippen LogP contribution in [0.1, 0.15) is 28.6 Å². The van der Waals surface area contributed by atoms with Crippen LogP contribution in [0.15, 0.2) is 30.3 Å². The normalized spacial score (nSPS) is 12.8. The highest BCUT2D eigenvalue weighted by atomic mass is 35.5. The predicted molar refractivity (Wildman–Crippen MR) is 83.5 cm³/mol. The summed E-state index contributed by atoms with van der Waals surface area (Å²) in [5, 5.41) is 16.3. The Bertz CT molecular complexity index is 826. The van der Waals surface area contributed by atoms with Gasteiger partial charge >= 0.3 is 0 Å². The molecule has 2 aromatic heterocycles. The van der Waals surface area contributed by atoms with E-state index in [1.54, 1.807) is 11.7 Å². The molecule has 108 valence electrons. The second-order valence-electron chi connectivity index (χ2n) is 5.22. The molecule has 0 saturated carbocycles. The molecule has 0 radical (unpaired) electrons. The molecular formula is C16H16ClN3O. The van der Waals surface area contributed by atoms with E-state index in [1.807, 2.05) is 44.2 Å². The number of rotatable bonds is 2. The number of aryl methyl sites for hydroxylation is 3. The van der Waals surface area contributed by atoms with Crippen LogP contribution in [-0.2, 0) is 7.05 Å². The largest absolute Gasteiger partial charge is 0.383 e. The lowest BCUT2D eigenvalue weighted by atomic mass is 10.0. The number of pyridine rings is 1. The summed E-state index contributed by atoms with van der Waals surface area (Å²) in [6.45, 7) is 3.80. The van der Waals surface area contributed by atoms with Crippen molar-refractivity contribution in [2.24, 2.45) is 7.05 Å². The molecule has 4 nitrogen and oxygen atoms in total. The van der Waals surface area contributed by atoms with Crippen molar-refractivity contribution in [1.82, 2.24) is 14.8 Å². The average Bonchev–Trinajstić information content (AvgIpc) is 2.71. The molecule has 3 aromatic rings. The third-order valence-electron chi connectivity index (χ3n) is 3.64. The van der Waals surface area contributed by atoms with Gasteiger partial charge in [-0.2, -0.15) is 5.10 Å². The van der Waals surface area contributed by atoms with E-state index in [9.17, 15) is 5.11 Å². The van der Waals surface area contributed by atoms with Crippen LogP contribution in [0.3, 0.4) is 0 Å². The zero-order valence-corrected chi connectivity index (χ0v) is 12.9. The molecule has 0 spiro atoms. The van der Waals surface area contributed by atoms with Gasteiger partial charge in [-0.3, -0.25) is 9.67 Å². The van der Waals surface area contributed by atoms with Gasteiger partial charge in [-0.25, -0.2) is 0 Å². The second-order valence-corrected chi connectivity index (χ2v) is 5.58. The van der Waals surface area contributed by atoms with E-state index in [0.717, 1.165) is 27.9 Å². The summed E-state index contributed by atoms with van der Waals surface area (Å²) in [5.74, 6) is 0. The van der Waals surface area contributed by atoms with Crippen LogP contribution in [0.25, 0.3) is 10.9 Å². The third kappa shape index (κ3) is 2.41.